The summed E-state index contributed by atoms with van der Waals surface area (Å²) in [6.07, 6.45) is 1.54. The highest BCUT2D eigenvalue weighted by molar-refractivity contribution is 5.85. The predicted molar refractivity (Wildman–Crippen MR) is 79.0 cm³/mol. The second kappa shape index (κ2) is 8.15. The fourth-order valence-corrected chi connectivity index (χ4v) is 1.86. The Morgan fingerprint density at radius 1 is 1.42 bits per heavy atom. The zero-order valence-corrected chi connectivity index (χ0v) is 12.3. The van der Waals surface area contributed by atoms with E-state index < -0.39 is 5.54 Å². The number of aliphatic hydroxyl groups is 1. The number of benzene rings is 1. The standard InChI is InChI=1S/C14H22N2O2.ClH/c1-3-7-14(2,15)13(18)16-9-11-5-4-6-12(8-11)10-17;/h4-6,8,17H,3,7,9-10,15H2,1-2H3,(H,16,18);1H. The zero-order valence-electron chi connectivity index (χ0n) is 11.5. The maximum absolute atomic E-state index is 11.9. The van der Waals surface area contributed by atoms with Crippen LogP contribution in [0.3, 0.4) is 0 Å². The molecule has 1 atom stereocenters. The van der Waals surface area contributed by atoms with E-state index in [2.05, 4.69) is 5.32 Å². The maximum Gasteiger partial charge on any atom is 0.240 e. The van der Waals surface area contributed by atoms with Crippen molar-refractivity contribution >= 4 is 18.3 Å². The largest absolute Gasteiger partial charge is 0.392 e. The van der Waals surface area contributed by atoms with Gasteiger partial charge in [-0.1, -0.05) is 37.6 Å². The minimum atomic E-state index is -0.816. The molecule has 108 valence electrons. The van der Waals surface area contributed by atoms with Crippen LogP contribution >= 0.6 is 12.4 Å². The van der Waals surface area contributed by atoms with Crippen molar-refractivity contribution in [1.82, 2.24) is 5.32 Å². The maximum atomic E-state index is 11.9. The van der Waals surface area contributed by atoms with Crippen LogP contribution < -0.4 is 11.1 Å². The Balaban J connectivity index is 0.00000324. The molecule has 5 heteroatoms. The number of carbonyl (C=O) groups excluding carboxylic acids is 1. The molecule has 0 heterocycles. The zero-order chi connectivity index (χ0) is 13.6. The first kappa shape index (κ1) is 17.9. The van der Waals surface area contributed by atoms with Crippen LogP contribution in [0.2, 0.25) is 0 Å². The van der Waals surface area contributed by atoms with Crippen LogP contribution in [0, 0.1) is 0 Å². The van der Waals surface area contributed by atoms with E-state index >= 15 is 0 Å². The predicted octanol–water partition coefficient (Wildman–Crippen LogP) is 1.73. The van der Waals surface area contributed by atoms with Crippen LogP contribution in [0.4, 0.5) is 0 Å². The van der Waals surface area contributed by atoms with Gasteiger partial charge in [-0.25, -0.2) is 0 Å². The van der Waals surface area contributed by atoms with E-state index in [0.29, 0.717) is 13.0 Å². The molecule has 1 amide bonds. The molecule has 0 aliphatic rings. The summed E-state index contributed by atoms with van der Waals surface area (Å²) >= 11 is 0. The van der Waals surface area contributed by atoms with Gasteiger partial charge in [-0.3, -0.25) is 4.79 Å². The molecule has 4 nitrogen and oxygen atoms in total. The number of hydrogen-bond donors (Lipinski definition) is 3. The van der Waals surface area contributed by atoms with E-state index in [1.807, 2.05) is 31.2 Å². The van der Waals surface area contributed by atoms with E-state index in [-0.39, 0.29) is 24.9 Å². The highest BCUT2D eigenvalue weighted by Crippen LogP contribution is 2.10. The number of rotatable bonds is 6. The second-order valence-corrected chi connectivity index (χ2v) is 4.83. The number of hydrogen-bond acceptors (Lipinski definition) is 3. The van der Waals surface area contributed by atoms with Gasteiger partial charge in [-0.2, -0.15) is 0 Å². The molecule has 1 aromatic rings. The van der Waals surface area contributed by atoms with Crippen LogP contribution in [-0.4, -0.2) is 16.6 Å². The van der Waals surface area contributed by atoms with Crippen molar-refractivity contribution in [3.05, 3.63) is 35.4 Å². The van der Waals surface area contributed by atoms with E-state index in [4.69, 9.17) is 10.8 Å². The third-order valence-electron chi connectivity index (χ3n) is 2.92. The van der Waals surface area contributed by atoms with Gasteiger partial charge in [0, 0.05) is 6.54 Å². The van der Waals surface area contributed by atoms with Crippen LogP contribution in [0.15, 0.2) is 24.3 Å². The Morgan fingerprint density at radius 2 is 2.05 bits per heavy atom. The Kier molecular flexibility index (Phi) is 7.68. The van der Waals surface area contributed by atoms with Gasteiger partial charge >= 0.3 is 0 Å². The van der Waals surface area contributed by atoms with E-state index in [1.54, 1.807) is 6.92 Å². The highest BCUT2D eigenvalue weighted by Gasteiger charge is 2.26. The number of nitrogens with one attached hydrogen (secondary N) is 1. The van der Waals surface area contributed by atoms with E-state index in [9.17, 15) is 4.79 Å². The molecule has 0 radical (unpaired) electrons. The Labute approximate surface area is 120 Å². The molecule has 0 fully saturated rings. The summed E-state index contributed by atoms with van der Waals surface area (Å²) in [6, 6.07) is 7.48. The number of amides is 1. The molecule has 0 saturated carbocycles. The molecule has 0 saturated heterocycles. The summed E-state index contributed by atoms with van der Waals surface area (Å²) in [4.78, 5) is 11.9. The minimum absolute atomic E-state index is 0. The monoisotopic (exact) mass is 286 g/mol. The third kappa shape index (κ3) is 5.59. The van der Waals surface area contributed by atoms with Crippen LogP contribution in [-0.2, 0) is 17.9 Å². The lowest BCUT2D eigenvalue weighted by atomic mass is 9.96. The van der Waals surface area contributed by atoms with Gasteiger partial charge in [-0.15, -0.1) is 12.4 Å². The Bertz CT molecular complexity index is 408. The molecule has 0 spiro atoms. The fraction of sp³-hybridized carbons (Fsp3) is 0.500. The number of aliphatic hydroxyl groups excluding tert-OH is 1. The lowest BCUT2D eigenvalue weighted by Gasteiger charge is -2.22. The second-order valence-electron chi connectivity index (χ2n) is 4.83. The molecule has 0 aromatic heterocycles. The molecular weight excluding hydrogens is 264 g/mol. The SMILES string of the molecule is CCCC(C)(N)C(=O)NCc1cccc(CO)c1.Cl. The quantitative estimate of drug-likeness (QED) is 0.745. The van der Waals surface area contributed by atoms with E-state index in [1.165, 1.54) is 0 Å². The first-order valence-electron chi connectivity index (χ1n) is 6.25. The fourth-order valence-electron chi connectivity index (χ4n) is 1.86. The van der Waals surface area contributed by atoms with Crippen molar-refractivity contribution in [1.29, 1.82) is 0 Å². The van der Waals surface area contributed by atoms with Gasteiger partial charge in [0.1, 0.15) is 0 Å². The number of halogens is 1. The van der Waals surface area contributed by atoms with Crippen molar-refractivity contribution in [2.75, 3.05) is 0 Å². The molecular formula is C14H23ClN2O2. The molecule has 0 bridgehead atoms. The smallest absolute Gasteiger partial charge is 0.240 e. The first-order chi connectivity index (χ1) is 8.49. The molecule has 1 unspecified atom stereocenters. The van der Waals surface area contributed by atoms with Crippen LogP contribution in [0.25, 0.3) is 0 Å². The number of carbonyl (C=O) groups is 1. The van der Waals surface area contributed by atoms with Gasteiger partial charge in [0.25, 0.3) is 0 Å². The van der Waals surface area contributed by atoms with Gasteiger partial charge < -0.3 is 16.2 Å². The molecule has 1 rings (SSSR count). The number of nitrogens with two attached hydrogens (primary N) is 1. The first-order valence-corrected chi connectivity index (χ1v) is 6.25. The van der Waals surface area contributed by atoms with Crippen molar-refractivity contribution < 1.29 is 9.90 Å². The molecule has 1 aromatic carbocycles. The average molecular weight is 287 g/mol. The topological polar surface area (TPSA) is 75.4 Å². The summed E-state index contributed by atoms with van der Waals surface area (Å²) in [5, 5.41) is 11.9. The minimum Gasteiger partial charge on any atom is -0.392 e. The molecule has 0 aliphatic carbocycles. The van der Waals surface area contributed by atoms with Crippen molar-refractivity contribution in [3.63, 3.8) is 0 Å². The molecule has 0 aliphatic heterocycles. The third-order valence-corrected chi connectivity index (χ3v) is 2.92. The lowest BCUT2D eigenvalue weighted by molar-refractivity contribution is -0.126. The summed E-state index contributed by atoms with van der Waals surface area (Å²) in [5.41, 5.74) is 6.92. The Hall–Kier alpha value is -1.10. The summed E-state index contributed by atoms with van der Waals surface area (Å²) in [5.74, 6) is -0.140. The Morgan fingerprint density at radius 3 is 2.63 bits per heavy atom. The summed E-state index contributed by atoms with van der Waals surface area (Å²) in [6.45, 7) is 4.19. The van der Waals surface area contributed by atoms with Crippen LogP contribution in [0.5, 0.6) is 0 Å². The highest BCUT2D eigenvalue weighted by atomic mass is 35.5. The van der Waals surface area contributed by atoms with Gasteiger partial charge in [-0.05, 0) is 24.5 Å². The normalized spacial score (nSPS) is 13.3. The van der Waals surface area contributed by atoms with Crippen molar-refractivity contribution in [2.45, 2.75) is 45.4 Å². The van der Waals surface area contributed by atoms with Gasteiger partial charge in [0.15, 0.2) is 0 Å². The van der Waals surface area contributed by atoms with E-state index in [0.717, 1.165) is 17.5 Å². The lowest BCUT2D eigenvalue weighted by Crippen LogP contribution is -2.51. The summed E-state index contributed by atoms with van der Waals surface area (Å²) in [7, 11) is 0. The van der Waals surface area contributed by atoms with Gasteiger partial charge in [0.2, 0.25) is 5.91 Å². The van der Waals surface area contributed by atoms with Crippen LogP contribution in [0.1, 0.15) is 37.8 Å². The summed E-state index contributed by atoms with van der Waals surface area (Å²) < 4.78 is 0. The van der Waals surface area contributed by atoms with Crippen molar-refractivity contribution in [2.24, 2.45) is 5.73 Å². The molecule has 19 heavy (non-hydrogen) atoms. The van der Waals surface area contributed by atoms with Crippen molar-refractivity contribution in [3.8, 4) is 0 Å². The average Bonchev–Trinajstić information content (AvgIpc) is 2.36. The van der Waals surface area contributed by atoms with Gasteiger partial charge in [0.05, 0.1) is 12.1 Å². The molecule has 4 N–H and O–H groups in total.